The lowest BCUT2D eigenvalue weighted by atomic mass is 9.62. The fraction of sp³-hybridized carbons (Fsp3) is 0.275. The maximum atomic E-state index is 14.7. The van der Waals surface area contributed by atoms with Crippen LogP contribution in [-0.2, 0) is 29.6 Å². The zero-order chi connectivity index (χ0) is 31.3. The Bertz CT molecular complexity index is 1830. The van der Waals surface area contributed by atoms with E-state index in [-0.39, 0.29) is 28.7 Å². The second kappa shape index (κ2) is 13.5. The minimum atomic E-state index is -0.273. The van der Waals surface area contributed by atoms with Crippen LogP contribution in [0.2, 0.25) is 0 Å². The molecule has 1 amide bonds. The smallest absolute Gasteiger partial charge is 0.258 e. The molecule has 1 N–H and O–H groups in total. The van der Waals surface area contributed by atoms with E-state index in [1.54, 1.807) is 0 Å². The summed E-state index contributed by atoms with van der Waals surface area (Å²) in [6.07, 6.45) is 7.11. The molecule has 0 aliphatic heterocycles. The molecule has 0 bridgehead atoms. The van der Waals surface area contributed by atoms with Gasteiger partial charge in [-0.2, -0.15) is 0 Å². The highest BCUT2D eigenvalue weighted by Gasteiger charge is 2.43. The predicted molar refractivity (Wildman–Crippen MR) is 186 cm³/mol. The fourth-order valence-corrected chi connectivity index (χ4v) is 8.23. The first kappa shape index (κ1) is 30.2. The Morgan fingerprint density at radius 3 is 2.09 bits per heavy atom. The Kier molecular flexibility index (Phi) is 8.89. The molecule has 0 atom stereocenters. The van der Waals surface area contributed by atoms with Crippen molar-refractivity contribution in [3.8, 4) is 11.3 Å². The summed E-state index contributed by atoms with van der Waals surface area (Å²) in [5, 5.41) is 3.87. The summed E-state index contributed by atoms with van der Waals surface area (Å²) in [5.74, 6) is 0.0490. The average molecular weight is 626 g/mol. The first-order valence-corrected chi connectivity index (χ1v) is 17.4. The van der Waals surface area contributed by atoms with Gasteiger partial charge in [-0.15, -0.1) is 0 Å². The van der Waals surface area contributed by atoms with E-state index in [1.165, 1.54) is 29.3 Å². The summed E-state index contributed by atoms with van der Waals surface area (Å²) in [4.78, 5) is 33.7. The second-order valence-electron chi connectivity index (χ2n) is 12.6. The molecule has 1 spiro atoms. The number of aryl methyl sites for hydroxylation is 1. The molecule has 1 aromatic heterocycles. The van der Waals surface area contributed by atoms with Crippen molar-refractivity contribution in [3.63, 3.8) is 0 Å². The molecule has 0 radical (unpaired) electrons. The molecule has 6 heteroatoms. The van der Waals surface area contributed by atoms with Crippen LogP contribution < -0.4 is 10.9 Å². The Morgan fingerprint density at radius 2 is 1.41 bits per heavy atom. The molecule has 5 nitrogen and oxygen atoms in total. The first-order valence-electron chi connectivity index (χ1n) is 16.4. The van der Waals surface area contributed by atoms with E-state index >= 15 is 0 Å². The number of carbonyl (C=O) groups is 1. The topological polar surface area (TPSA) is 64.0 Å². The molecule has 0 unspecified atom stereocenters. The minimum absolute atomic E-state index is 0.0617. The van der Waals surface area contributed by atoms with E-state index in [4.69, 9.17) is 4.98 Å². The average Bonchev–Trinajstić information content (AvgIpc) is 3.11. The van der Waals surface area contributed by atoms with Crippen LogP contribution in [0.5, 0.6) is 0 Å². The summed E-state index contributed by atoms with van der Waals surface area (Å²) in [5.41, 5.74) is 7.13. The number of benzene rings is 4. The lowest BCUT2D eigenvalue weighted by Crippen LogP contribution is -2.43. The molecule has 5 aromatic rings. The second-order valence-corrected chi connectivity index (χ2v) is 13.5. The highest BCUT2D eigenvalue weighted by atomic mass is 32.2. The van der Waals surface area contributed by atoms with Gasteiger partial charge in [0.05, 0.1) is 23.1 Å². The van der Waals surface area contributed by atoms with Gasteiger partial charge in [-0.25, -0.2) is 4.98 Å². The molecule has 1 fully saturated rings. The Hall–Kier alpha value is -4.42. The van der Waals surface area contributed by atoms with E-state index in [0.29, 0.717) is 18.1 Å². The molecule has 7 rings (SSSR count). The Labute approximate surface area is 275 Å². The van der Waals surface area contributed by atoms with Crippen molar-refractivity contribution in [2.75, 3.05) is 5.75 Å². The number of nitrogens with zero attached hydrogens (tertiary/aromatic N) is 2. The van der Waals surface area contributed by atoms with E-state index < -0.39 is 0 Å². The minimum Gasteiger partial charge on any atom is -0.344 e. The third-order valence-electron chi connectivity index (χ3n) is 9.65. The van der Waals surface area contributed by atoms with Crippen molar-refractivity contribution in [1.82, 2.24) is 14.9 Å². The Morgan fingerprint density at radius 1 is 0.804 bits per heavy atom. The largest absolute Gasteiger partial charge is 0.344 e. The monoisotopic (exact) mass is 625 g/mol. The van der Waals surface area contributed by atoms with Crippen molar-refractivity contribution < 1.29 is 4.79 Å². The summed E-state index contributed by atoms with van der Waals surface area (Å²) in [6, 6.07) is 38.5. The van der Waals surface area contributed by atoms with Crippen LogP contribution in [0.25, 0.3) is 11.3 Å². The van der Waals surface area contributed by atoms with Gasteiger partial charge in [0.2, 0.25) is 5.91 Å². The number of carbonyl (C=O) groups excluding carboxylic acids is 1. The van der Waals surface area contributed by atoms with Gasteiger partial charge in [0.15, 0.2) is 5.16 Å². The highest BCUT2D eigenvalue weighted by Crippen LogP contribution is 2.48. The van der Waals surface area contributed by atoms with Crippen LogP contribution in [0.15, 0.2) is 125 Å². The number of fused-ring (bicyclic) bond motifs is 4. The van der Waals surface area contributed by atoms with E-state index in [9.17, 15) is 9.59 Å². The highest BCUT2D eigenvalue weighted by molar-refractivity contribution is 7.99. The number of hydrogen-bond acceptors (Lipinski definition) is 4. The number of rotatable bonds is 9. The zero-order valence-electron chi connectivity index (χ0n) is 26.0. The van der Waals surface area contributed by atoms with Crippen LogP contribution in [0.1, 0.15) is 66.0 Å². The predicted octanol–water partition coefficient (Wildman–Crippen LogP) is 7.91. The van der Waals surface area contributed by atoms with Crippen molar-refractivity contribution in [2.24, 2.45) is 0 Å². The van der Waals surface area contributed by atoms with Gasteiger partial charge < -0.3 is 5.32 Å². The molecule has 4 aromatic carbocycles. The summed E-state index contributed by atoms with van der Waals surface area (Å²) >= 11 is 1.36. The van der Waals surface area contributed by atoms with Crippen LogP contribution >= 0.6 is 11.8 Å². The van der Waals surface area contributed by atoms with Crippen molar-refractivity contribution in [3.05, 3.63) is 153 Å². The van der Waals surface area contributed by atoms with Crippen LogP contribution in [0, 0.1) is 0 Å². The number of aromatic nitrogens is 2. The third kappa shape index (κ3) is 6.19. The summed E-state index contributed by atoms with van der Waals surface area (Å²) in [7, 11) is 0. The first-order chi connectivity index (χ1) is 22.6. The third-order valence-corrected chi connectivity index (χ3v) is 10.6. The van der Waals surface area contributed by atoms with Gasteiger partial charge >= 0.3 is 0 Å². The summed E-state index contributed by atoms with van der Waals surface area (Å²) in [6.45, 7) is 0.515. The van der Waals surface area contributed by atoms with E-state index in [1.807, 2.05) is 89.5 Å². The summed E-state index contributed by atoms with van der Waals surface area (Å²) < 4.78 is 1.86. The van der Waals surface area contributed by atoms with E-state index in [2.05, 4.69) is 35.6 Å². The lowest BCUT2D eigenvalue weighted by molar-refractivity contribution is -0.119. The van der Waals surface area contributed by atoms with Crippen molar-refractivity contribution in [1.29, 1.82) is 0 Å². The molecule has 2 aliphatic carbocycles. The van der Waals surface area contributed by atoms with Gasteiger partial charge in [-0.05, 0) is 47.9 Å². The van der Waals surface area contributed by atoms with Crippen LogP contribution in [0.3, 0.4) is 0 Å². The molecule has 232 valence electrons. The van der Waals surface area contributed by atoms with Gasteiger partial charge in [-0.1, -0.05) is 146 Å². The van der Waals surface area contributed by atoms with Gasteiger partial charge in [-0.3, -0.25) is 14.2 Å². The molecular weight excluding hydrogens is 587 g/mol. The molecule has 0 saturated heterocycles. The molecule has 1 heterocycles. The quantitative estimate of drug-likeness (QED) is 0.134. The van der Waals surface area contributed by atoms with Gasteiger partial charge in [0.1, 0.15) is 0 Å². The van der Waals surface area contributed by atoms with Crippen molar-refractivity contribution >= 4 is 17.7 Å². The number of hydrogen-bond donors (Lipinski definition) is 1. The normalized spacial score (nSPS) is 14.9. The fourth-order valence-electron chi connectivity index (χ4n) is 7.40. The number of nitrogens with one attached hydrogen (secondary N) is 1. The van der Waals surface area contributed by atoms with Crippen LogP contribution in [-0.4, -0.2) is 21.2 Å². The maximum Gasteiger partial charge on any atom is 0.258 e. The van der Waals surface area contributed by atoms with Crippen molar-refractivity contribution in [2.45, 2.75) is 68.1 Å². The Balaban J connectivity index is 1.24. The lowest BCUT2D eigenvalue weighted by Gasteiger charge is -2.42. The zero-order valence-corrected chi connectivity index (χ0v) is 26.8. The SMILES string of the molecule is O=C(CSc1nc2c(c(=O)n1CCc1ccccc1)C1(CCCCC1)Cc1ccccc1-2)NC(c1ccccc1)c1ccccc1. The number of amides is 1. The van der Waals surface area contributed by atoms with E-state index in [0.717, 1.165) is 60.1 Å². The molecule has 46 heavy (non-hydrogen) atoms. The molecule has 1 saturated carbocycles. The molecule has 2 aliphatic rings. The van der Waals surface area contributed by atoms with Crippen LogP contribution in [0.4, 0.5) is 0 Å². The van der Waals surface area contributed by atoms with Gasteiger partial charge in [0, 0.05) is 17.5 Å². The molecular formula is C40H39N3O2S. The standard InChI is InChI=1S/C40H39N3O2S/c44-34(41-36(30-17-7-2-8-18-30)31-19-9-3-10-20-31)28-46-39-42-37-33-22-12-11-21-32(33)27-40(24-13-4-14-25-40)35(37)38(45)43(39)26-23-29-15-5-1-6-16-29/h1-3,5-12,15-22,36H,4,13-14,23-28H2,(H,41,44). The maximum absolute atomic E-state index is 14.7. The number of thioether (sulfide) groups is 1. The van der Waals surface area contributed by atoms with Gasteiger partial charge in [0.25, 0.3) is 5.56 Å².